The summed E-state index contributed by atoms with van der Waals surface area (Å²) in [7, 11) is 0. The number of hydrogen-bond donors (Lipinski definition) is 0. The summed E-state index contributed by atoms with van der Waals surface area (Å²) >= 11 is 5.86. The summed E-state index contributed by atoms with van der Waals surface area (Å²) in [6.45, 7) is 5.86. The summed E-state index contributed by atoms with van der Waals surface area (Å²) in [6.07, 6.45) is 3.22. The average molecular weight is 307 g/mol. The zero-order valence-electron chi connectivity index (χ0n) is 11.6. The van der Waals surface area contributed by atoms with Gasteiger partial charge >= 0.3 is 5.97 Å². The molecule has 6 heteroatoms. The molecule has 1 heterocycles. The Bertz CT molecular complexity index is 635. The third-order valence-corrected chi connectivity index (χ3v) is 2.85. The van der Waals surface area contributed by atoms with Crippen molar-refractivity contribution < 1.29 is 14.3 Å². The van der Waals surface area contributed by atoms with Crippen molar-refractivity contribution in [1.29, 1.82) is 0 Å². The van der Waals surface area contributed by atoms with Crippen molar-refractivity contribution in [3.63, 3.8) is 0 Å². The molecule has 0 spiro atoms. The molecule has 0 amide bonds. The summed E-state index contributed by atoms with van der Waals surface area (Å²) in [6, 6.07) is 7.07. The summed E-state index contributed by atoms with van der Waals surface area (Å²) in [5.74, 6) is -0.174. The lowest BCUT2D eigenvalue weighted by atomic mass is 10.3. The zero-order chi connectivity index (χ0) is 15.2. The number of esters is 1. The van der Waals surface area contributed by atoms with Crippen LogP contribution < -0.4 is 4.74 Å². The molecule has 0 radical (unpaired) electrons. The molecule has 2 rings (SSSR count). The second-order valence-electron chi connectivity index (χ2n) is 4.08. The molecule has 0 unspecified atom stereocenters. The first-order valence-electron chi connectivity index (χ1n) is 6.42. The Kier molecular flexibility index (Phi) is 5.00. The van der Waals surface area contributed by atoms with Gasteiger partial charge in [-0.25, -0.2) is 9.48 Å². The van der Waals surface area contributed by atoms with Crippen molar-refractivity contribution in [1.82, 2.24) is 9.78 Å². The average Bonchev–Trinajstić information content (AvgIpc) is 2.90. The molecular formula is C15H15ClN2O3. The maximum atomic E-state index is 11.9. The minimum Gasteiger partial charge on any atom is -0.485 e. The first-order chi connectivity index (χ1) is 10.2. The Hall–Kier alpha value is -2.27. The van der Waals surface area contributed by atoms with Gasteiger partial charge < -0.3 is 9.47 Å². The fourth-order valence-electron chi connectivity index (χ4n) is 1.68. The predicted molar refractivity (Wildman–Crippen MR) is 80.2 cm³/mol. The number of rotatable bonds is 6. The van der Waals surface area contributed by atoms with E-state index in [4.69, 9.17) is 21.1 Å². The van der Waals surface area contributed by atoms with Crippen molar-refractivity contribution in [2.45, 2.75) is 6.92 Å². The summed E-state index contributed by atoms with van der Waals surface area (Å²) in [4.78, 5) is 11.9. The SMILES string of the molecule is C=CCOc1cn(-c2ccc(Cl)cc2)nc1C(=O)OCC. The molecule has 0 N–H and O–H groups in total. The predicted octanol–water partition coefficient (Wildman–Crippen LogP) is 3.27. The number of benzene rings is 1. The van der Waals surface area contributed by atoms with Crippen molar-refractivity contribution >= 4 is 17.6 Å². The standard InChI is InChI=1S/C15H15ClN2O3/c1-3-9-21-13-10-18(12-7-5-11(16)6-8-12)17-14(13)15(19)20-4-2/h3,5-8,10H,1,4,9H2,2H3. The highest BCUT2D eigenvalue weighted by molar-refractivity contribution is 6.30. The van der Waals surface area contributed by atoms with Gasteiger partial charge in [-0.2, -0.15) is 5.10 Å². The smallest absolute Gasteiger partial charge is 0.362 e. The van der Waals surface area contributed by atoms with Crippen molar-refractivity contribution in [2.24, 2.45) is 0 Å². The van der Waals surface area contributed by atoms with Crippen LogP contribution >= 0.6 is 11.6 Å². The van der Waals surface area contributed by atoms with Crippen LogP contribution in [0.2, 0.25) is 5.02 Å². The van der Waals surface area contributed by atoms with Gasteiger partial charge in [0.25, 0.3) is 0 Å². The Morgan fingerprint density at radius 1 is 1.43 bits per heavy atom. The topological polar surface area (TPSA) is 53.4 Å². The van der Waals surface area contributed by atoms with Crippen LogP contribution in [0.3, 0.4) is 0 Å². The number of carbonyl (C=O) groups is 1. The highest BCUT2D eigenvalue weighted by Gasteiger charge is 2.19. The van der Waals surface area contributed by atoms with Gasteiger partial charge in [0.15, 0.2) is 5.75 Å². The molecule has 21 heavy (non-hydrogen) atoms. The normalized spacial score (nSPS) is 10.2. The van der Waals surface area contributed by atoms with E-state index in [1.165, 1.54) is 0 Å². The minimum atomic E-state index is -0.524. The number of hydrogen-bond acceptors (Lipinski definition) is 4. The van der Waals surface area contributed by atoms with Crippen LogP contribution in [0.4, 0.5) is 0 Å². The van der Waals surface area contributed by atoms with Crippen LogP contribution in [0.5, 0.6) is 5.75 Å². The highest BCUT2D eigenvalue weighted by Crippen LogP contribution is 2.21. The fourth-order valence-corrected chi connectivity index (χ4v) is 1.81. The van der Waals surface area contributed by atoms with Crippen molar-refractivity contribution in [3.8, 4) is 11.4 Å². The summed E-state index contributed by atoms with van der Waals surface area (Å²) < 4.78 is 12.0. The Labute approximate surface area is 127 Å². The zero-order valence-corrected chi connectivity index (χ0v) is 12.3. The molecule has 0 aliphatic rings. The highest BCUT2D eigenvalue weighted by atomic mass is 35.5. The van der Waals surface area contributed by atoms with Gasteiger partial charge in [0.05, 0.1) is 18.5 Å². The molecule has 0 saturated heterocycles. The van der Waals surface area contributed by atoms with Crippen LogP contribution in [-0.2, 0) is 4.74 Å². The minimum absolute atomic E-state index is 0.133. The quantitative estimate of drug-likeness (QED) is 0.607. The van der Waals surface area contributed by atoms with Crippen LogP contribution in [0.15, 0.2) is 43.1 Å². The van der Waals surface area contributed by atoms with E-state index in [1.807, 2.05) is 0 Å². The number of nitrogens with zero attached hydrogens (tertiary/aromatic N) is 2. The van der Waals surface area contributed by atoms with E-state index in [-0.39, 0.29) is 18.9 Å². The lowest BCUT2D eigenvalue weighted by molar-refractivity contribution is 0.0515. The van der Waals surface area contributed by atoms with E-state index in [0.29, 0.717) is 10.8 Å². The summed E-state index contributed by atoms with van der Waals surface area (Å²) in [5.41, 5.74) is 0.895. The molecule has 1 aromatic heterocycles. The molecule has 0 aliphatic carbocycles. The maximum absolute atomic E-state index is 11.9. The number of ether oxygens (including phenoxy) is 2. The molecule has 5 nitrogen and oxygen atoms in total. The largest absolute Gasteiger partial charge is 0.485 e. The van der Waals surface area contributed by atoms with Gasteiger partial charge in [0, 0.05) is 5.02 Å². The molecular weight excluding hydrogens is 292 g/mol. The fraction of sp³-hybridized carbons (Fsp3) is 0.200. The van der Waals surface area contributed by atoms with Gasteiger partial charge in [-0.3, -0.25) is 0 Å². The maximum Gasteiger partial charge on any atom is 0.362 e. The third kappa shape index (κ3) is 3.64. The van der Waals surface area contributed by atoms with E-state index in [0.717, 1.165) is 5.69 Å². The van der Waals surface area contributed by atoms with Gasteiger partial charge in [-0.05, 0) is 31.2 Å². The van der Waals surface area contributed by atoms with E-state index in [1.54, 1.807) is 48.1 Å². The second kappa shape index (κ2) is 6.95. The van der Waals surface area contributed by atoms with Gasteiger partial charge in [0.2, 0.25) is 5.69 Å². The van der Waals surface area contributed by atoms with E-state index in [9.17, 15) is 4.79 Å². The molecule has 0 fully saturated rings. The van der Waals surface area contributed by atoms with Crippen LogP contribution in [0.1, 0.15) is 17.4 Å². The number of aromatic nitrogens is 2. The summed E-state index contributed by atoms with van der Waals surface area (Å²) in [5, 5.41) is 4.85. The van der Waals surface area contributed by atoms with Crippen LogP contribution in [-0.4, -0.2) is 29.0 Å². The molecule has 1 aromatic carbocycles. The number of carbonyl (C=O) groups excluding carboxylic acids is 1. The molecule has 2 aromatic rings. The van der Waals surface area contributed by atoms with E-state index >= 15 is 0 Å². The Morgan fingerprint density at radius 3 is 2.76 bits per heavy atom. The molecule has 0 aliphatic heterocycles. The second-order valence-corrected chi connectivity index (χ2v) is 4.52. The van der Waals surface area contributed by atoms with E-state index in [2.05, 4.69) is 11.7 Å². The lowest BCUT2D eigenvalue weighted by Gasteiger charge is -2.02. The monoisotopic (exact) mass is 306 g/mol. The first-order valence-corrected chi connectivity index (χ1v) is 6.80. The first kappa shape index (κ1) is 15.1. The van der Waals surface area contributed by atoms with E-state index < -0.39 is 5.97 Å². The van der Waals surface area contributed by atoms with Crippen LogP contribution in [0, 0.1) is 0 Å². The third-order valence-electron chi connectivity index (χ3n) is 2.60. The number of halogens is 1. The molecule has 0 atom stereocenters. The van der Waals surface area contributed by atoms with Crippen LogP contribution in [0.25, 0.3) is 5.69 Å². The molecule has 0 saturated carbocycles. The molecule has 110 valence electrons. The Morgan fingerprint density at radius 2 is 2.14 bits per heavy atom. The van der Waals surface area contributed by atoms with Gasteiger partial charge in [-0.1, -0.05) is 24.3 Å². The van der Waals surface area contributed by atoms with Crippen molar-refractivity contribution in [3.05, 3.63) is 53.8 Å². The van der Waals surface area contributed by atoms with Gasteiger partial charge in [0.1, 0.15) is 6.61 Å². The lowest BCUT2D eigenvalue weighted by Crippen LogP contribution is -2.08. The molecule has 0 bridgehead atoms. The Balaban J connectivity index is 2.36. The van der Waals surface area contributed by atoms with Gasteiger partial charge in [-0.15, -0.1) is 0 Å². The van der Waals surface area contributed by atoms with Crippen molar-refractivity contribution in [2.75, 3.05) is 13.2 Å².